The molecule has 3 nitrogen and oxygen atoms in total. The van der Waals surface area contributed by atoms with Gasteiger partial charge in [0.15, 0.2) is 0 Å². The van der Waals surface area contributed by atoms with E-state index in [1.54, 1.807) is 0 Å². The van der Waals surface area contributed by atoms with Crippen LogP contribution in [-0.2, 0) is 0 Å². The SMILES string of the molecule is CCCNC(CC)CCCN1CCN(C)C(C)(C)C1. The summed E-state index contributed by atoms with van der Waals surface area (Å²) in [6, 6.07) is 0.723. The van der Waals surface area contributed by atoms with Gasteiger partial charge in [-0.25, -0.2) is 0 Å². The van der Waals surface area contributed by atoms with Gasteiger partial charge < -0.3 is 10.2 Å². The first-order valence-electron chi connectivity index (χ1n) is 8.16. The number of hydrogen-bond acceptors (Lipinski definition) is 3. The molecule has 1 N–H and O–H groups in total. The van der Waals surface area contributed by atoms with Crippen LogP contribution in [0.25, 0.3) is 0 Å². The molecule has 0 amide bonds. The van der Waals surface area contributed by atoms with Gasteiger partial charge in [-0.15, -0.1) is 0 Å². The summed E-state index contributed by atoms with van der Waals surface area (Å²) in [6.45, 7) is 15.3. The molecule has 1 rings (SSSR count). The van der Waals surface area contributed by atoms with Crippen molar-refractivity contribution >= 4 is 0 Å². The third kappa shape index (κ3) is 5.80. The van der Waals surface area contributed by atoms with Crippen molar-refractivity contribution in [3.05, 3.63) is 0 Å². The number of piperazine rings is 1. The first-order valence-corrected chi connectivity index (χ1v) is 8.16. The lowest BCUT2D eigenvalue weighted by molar-refractivity contribution is 0.0390. The van der Waals surface area contributed by atoms with Crippen LogP contribution in [0.5, 0.6) is 0 Å². The first kappa shape index (κ1) is 16.9. The molecule has 19 heavy (non-hydrogen) atoms. The molecule has 114 valence electrons. The molecule has 1 saturated heterocycles. The highest BCUT2D eigenvalue weighted by molar-refractivity contribution is 4.88. The molecule has 0 aromatic carbocycles. The molecule has 1 atom stereocenters. The van der Waals surface area contributed by atoms with Crippen molar-refractivity contribution in [2.24, 2.45) is 0 Å². The van der Waals surface area contributed by atoms with Crippen molar-refractivity contribution in [1.29, 1.82) is 0 Å². The van der Waals surface area contributed by atoms with E-state index in [-0.39, 0.29) is 0 Å². The molecule has 1 heterocycles. The Morgan fingerprint density at radius 1 is 1.21 bits per heavy atom. The Morgan fingerprint density at radius 3 is 2.53 bits per heavy atom. The minimum atomic E-state index is 0.336. The van der Waals surface area contributed by atoms with Crippen LogP contribution in [0.2, 0.25) is 0 Å². The average Bonchev–Trinajstić information content (AvgIpc) is 2.37. The fourth-order valence-electron chi connectivity index (χ4n) is 2.89. The second-order valence-corrected chi connectivity index (χ2v) is 6.71. The molecule has 0 radical (unpaired) electrons. The number of nitrogens with zero attached hydrogens (tertiary/aromatic N) is 2. The number of rotatable bonds is 8. The summed E-state index contributed by atoms with van der Waals surface area (Å²) in [6.07, 6.45) is 5.15. The predicted octanol–water partition coefficient (Wildman–Crippen LogP) is 2.57. The Kier molecular flexibility index (Phi) is 7.33. The predicted molar refractivity (Wildman–Crippen MR) is 84.8 cm³/mol. The summed E-state index contributed by atoms with van der Waals surface area (Å²) in [5.74, 6) is 0. The van der Waals surface area contributed by atoms with Crippen molar-refractivity contribution in [3.8, 4) is 0 Å². The highest BCUT2D eigenvalue weighted by atomic mass is 15.3. The van der Waals surface area contributed by atoms with Gasteiger partial charge in [-0.05, 0) is 59.7 Å². The number of hydrogen-bond donors (Lipinski definition) is 1. The van der Waals surface area contributed by atoms with Gasteiger partial charge in [0.05, 0.1) is 0 Å². The molecule has 3 heteroatoms. The van der Waals surface area contributed by atoms with E-state index in [1.165, 1.54) is 58.4 Å². The van der Waals surface area contributed by atoms with Gasteiger partial charge in [0.2, 0.25) is 0 Å². The molecular weight excluding hydrogens is 234 g/mol. The van der Waals surface area contributed by atoms with Crippen LogP contribution in [0.3, 0.4) is 0 Å². The fourth-order valence-corrected chi connectivity index (χ4v) is 2.89. The maximum absolute atomic E-state index is 3.65. The second-order valence-electron chi connectivity index (χ2n) is 6.71. The van der Waals surface area contributed by atoms with Crippen LogP contribution in [-0.4, -0.2) is 61.2 Å². The van der Waals surface area contributed by atoms with Gasteiger partial charge in [0.1, 0.15) is 0 Å². The highest BCUT2D eigenvalue weighted by Crippen LogP contribution is 2.19. The summed E-state index contributed by atoms with van der Waals surface area (Å²) >= 11 is 0. The highest BCUT2D eigenvalue weighted by Gasteiger charge is 2.30. The quantitative estimate of drug-likeness (QED) is 0.730. The zero-order chi connectivity index (χ0) is 14.3. The van der Waals surface area contributed by atoms with Gasteiger partial charge in [0, 0.05) is 31.2 Å². The van der Waals surface area contributed by atoms with Crippen molar-refractivity contribution in [2.75, 3.05) is 39.8 Å². The average molecular weight is 269 g/mol. The molecule has 0 aromatic heterocycles. The van der Waals surface area contributed by atoms with E-state index < -0.39 is 0 Å². The Bertz CT molecular complexity index is 240. The van der Waals surface area contributed by atoms with Gasteiger partial charge in [0.25, 0.3) is 0 Å². The van der Waals surface area contributed by atoms with Gasteiger partial charge >= 0.3 is 0 Å². The molecule has 1 unspecified atom stereocenters. The largest absolute Gasteiger partial charge is 0.314 e. The van der Waals surface area contributed by atoms with Crippen LogP contribution in [0.1, 0.15) is 53.4 Å². The maximum Gasteiger partial charge on any atom is 0.0277 e. The van der Waals surface area contributed by atoms with Gasteiger partial charge in [-0.1, -0.05) is 13.8 Å². The lowest BCUT2D eigenvalue weighted by Crippen LogP contribution is -2.57. The van der Waals surface area contributed by atoms with E-state index in [1.807, 2.05) is 0 Å². The third-order valence-corrected chi connectivity index (χ3v) is 4.60. The van der Waals surface area contributed by atoms with Crippen LogP contribution in [0, 0.1) is 0 Å². The summed E-state index contributed by atoms with van der Waals surface area (Å²) < 4.78 is 0. The van der Waals surface area contributed by atoms with E-state index in [0.717, 1.165) is 6.04 Å². The fraction of sp³-hybridized carbons (Fsp3) is 1.00. The topological polar surface area (TPSA) is 18.5 Å². The molecule has 0 bridgehead atoms. The molecule has 0 saturated carbocycles. The molecule has 0 aromatic rings. The summed E-state index contributed by atoms with van der Waals surface area (Å²) in [5, 5.41) is 3.65. The Balaban J connectivity index is 2.22. The first-order chi connectivity index (χ1) is 8.99. The minimum absolute atomic E-state index is 0.336. The normalized spacial score (nSPS) is 22.6. The Hall–Kier alpha value is -0.120. The minimum Gasteiger partial charge on any atom is -0.314 e. The van der Waals surface area contributed by atoms with E-state index in [2.05, 4.69) is 49.9 Å². The van der Waals surface area contributed by atoms with Crippen molar-refractivity contribution < 1.29 is 0 Å². The van der Waals surface area contributed by atoms with Crippen LogP contribution in [0.15, 0.2) is 0 Å². The molecule has 1 fully saturated rings. The maximum atomic E-state index is 3.65. The van der Waals surface area contributed by atoms with E-state index in [9.17, 15) is 0 Å². The molecule has 0 aliphatic carbocycles. The van der Waals surface area contributed by atoms with E-state index in [0.29, 0.717) is 5.54 Å². The van der Waals surface area contributed by atoms with Crippen molar-refractivity contribution in [3.63, 3.8) is 0 Å². The van der Waals surface area contributed by atoms with Crippen LogP contribution >= 0.6 is 0 Å². The second kappa shape index (κ2) is 8.23. The lowest BCUT2D eigenvalue weighted by Gasteiger charge is -2.45. The lowest BCUT2D eigenvalue weighted by atomic mass is 9.99. The summed E-state index contributed by atoms with van der Waals surface area (Å²) in [7, 11) is 2.25. The zero-order valence-electron chi connectivity index (χ0n) is 13.8. The monoisotopic (exact) mass is 269 g/mol. The molecule has 1 aliphatic heterocycles. The summed E-state index contributed by atoms with van der Waals surface area (Å²) in [4.78, 5) is 5.13. The van der Waals surface area contributed by atoms with E-state index >= 15 is 0 Å². The van der Waals surface area contributed by atoms with Crippen molar-refractivity contribution in [2.45, 2.75) is 65.0 Å². The molecule has 1 aliphatic rings. The van der Waals surface area contributed by atoms with E-state index in [4.69, 9.17) is 0 Å². The summed E-state index contributed by atoms with van der Waals surface area (Å²) in [5.41, 5.74) is 0.336. The zero-order valence-corrected chi connectivity index (χ0v) is 13.8. The van der Waals surface area contributed by atoms with Crippen LogP contribution in [0.4, 0.5) is 0 Å². The van der Waals surface area contributed by atoms with Crippen LogP contribution < -0.4 is 5.32 Å². The number of likely N-dealkylation sites (N-methyl/N-ethyl adjacent to an activating group) is 1. The van der Waals surface area contributed by atoms with Crippen molar-refractivity contribution in [1.82, 2.24) is 15.1 Å². The molecule has 0 spiro atoms. The third-order valence-electron chi connectivity index (χ3n) is 4.60. The number of nitrogens with one attached hydrogen (secondary N) is 1. The standard InChI is InChI=1S/C16H35N3/c1-6-10-17-15(7-2)9-8-11-19-13-12-18(5)16(3,4)14-19/h15,17H,6-14H2,1-5H3. The van der Waals surface area contributed by atoms with Gasteiger partial charge in [-0.3, -0.25) is 4.90 Å². The smallest absolute Gasteiger partial charge is 0.0277 e. The Morgan fingerprint density at radius 2 is 1.95 bits per heavy atom. The van der Waals surface area contributed by atoms with Gasteiger partial charge in [-0.2, -0.15) is 0 Å². The molecular formula is C16H35N3. The Labute approximate surface area is 120 Å².